The molecule has 4 rings (SSSR count). The van der Waals surface area contributed by atoms with Crippen molar-refractivity contribution in [2.45, 2.75) is 18.6 Å². The number of nitrogens with zero attached hydrogens (tertiary/aromatic N) is 3. The van der Waals surface area contributed by atoms with E-state index < -0.39 is 0 Å². The second-order valence-electron chi connectivity index (χ2n) is 7.13. The lowest BCUT2D eigenvalue weighted by molar-refractivity contribution is -0.118. The maximum absolute atomic E-state index is 12.4. The maximum Gasteiger partial charge on any atom is 0.250 e. The van der Waals surface area contributed by atoms with Gasteiger partial charge in [-0.1, -0.05) is 53.7 Å². The van der Waals surface area contributed by atoms with E-state index in [2.05, 4.69) is 15.1 Å². The first-order valence-corrected chi connectivity index (χ1v) is 11.3. The molecule has 0 aliphatic heterocycles. The van der Waals surface area contributed by atoms with Gasteiger partial charge < -0.3 is 9.67 Å². The van der Waals surface area contributed by atoms with Crippen LogP contribution < -0.4 is 5.43 Å². The number of carbonyl (C=O) groups is 1. The van der Waals surface area contributed by atoms with Crippen LogP contribution in [0.1, 0.15) is 18.1 Å². The molecule has 1 aromatic heterocycles. The molecule has 4 aromatic rings. The Morgan fingerprint density at radius 2 is 1.81 bits per heavy atom. The fourth-order valence-electron chi connectivity index (χ4n) is 3.19. The zero-order valence-corrected chi connectivity index (χ0v) is 18.9. The number of aromatic hydroxyl groups is 1. The molecular formula is C24H21ClN4O2S. The van der Waals surface area contributed by atoms with E-state index in [1.165, 1.54) is 11.8 Å². The minimum absolute atomic E-state index is 0.165. The molecule has 162 valence electrons. The van der Waals surface area contributed by atoms with E-state index in [1.807, 2.05) is 48.5 Å². The number of para-hydroxylation sites is 2. The molecule has 0 radical (unpaired) electrons. The molecule has 1 heterocycles. The SMILES string of the molecule is CC(=NNC(=O)CSc1nc2ccccc2n1Cc1ccccc1Cl)c1ccc(O)cc1. The monoisotopic (exact) mass is 464 g/mol. The van der Waals surface area contributed by atoms with Crippen molar-refractivity contribution in [2.24, 2.45) is 5.10 Å². The number of aromatic nitrogens is 2. The van der Waals surface area contributed by atoms with Crippen molar-refractivity contribution in [2.75, 3.05) is 5.75 Å². The van der Waals surface area contributed by atoms with Crippen LogP contribution in [0.25, 0.3) is 11.0 Å². The van der Waals surface area contributed by atoms with Gasteiger partial charge >= 0.3 is 0 Å². The lowest BCUT2D eigenvalue weighted by Gasteiger charge is -2.10. The number of thioether (sulfide) groups is 1. The number of nitrogens with one attached hydrogen (secondary N) is 1. The Kier molecular flexibility index (Phi) is 6.78. The molecule has 32 heavy (non-hydrogen) atoms. The number of hydrogen-bond donors (Lipinski definition) is 2. The fourth-order valence-corrected chi connectivity index (χ4v) is 4.19. The van der Waals surface area contributed by atoms with Crippen molar-refractivity contribution in [3.05, 3.63) is 88.9 Å². The van der Waals surface area contributed by atoms with Gasteiger partial charge in [-0.3, -0.25) is 4.79 Å². The lowest BCUT2D eigenvalue weighted by atomic mass is 10.1. The van der Waals surface area contributed by atoms with E-state index in [4.69, 9.17) is 16.6 Å². The first-order chi connectivity index (χ1) is 15.5. The highest BCUT2D eigenvalue weighted by atomic mass is 35.5. The van der Waals surface area contributed by atoms with Gasteiger partial charge in [0.1, 0.15) is 5.75 Å². The van der Waals surface area contributed by atoms with Crippen molar-refractivity contribution in [1.29, 1.82) is 0 Å². The molecule has 0 bridgehead atoms. The van der Waals surface area contributed by atoms with Crippen LogP contribution in [0.3, 0.4) is 0 Å². The smallest absolute Gasteiger partial charge is 0.250 e. The van der Waals surface area contributed by atoms with Gasteiger partial charge in [0.2, 0.25) is 0 Å². The van der Waals surface area contributed by atoms with Crippen LogP contribution in [0.4, 0.5) is 0 Å². The minimum Gasteiger partial charge on any atom is -0.508 e. The highest BCUT2D eigenvalue weighted by Crippen LogP contribution is 2.27. The largest absolute Gasteiger partial charge is 0.508 e. The predicted molar refractivity (Wildman–Crippen MR) is 129 cm³/mol. The lowest BCUT2D eigenvalue weighted by Crippen LogP contribution is -2.21. The van der Waals surface area contributed by atoms with E-state index in [0.717, 1.165) is 27.3 Å². The molecule has 3 aromatic carbocycles. The maximum atomic E-state index is 12.4. The number of halogens is 1. The van der Waals surface area contributed by atoms with E-state index in [9.17, 15) is 9.90 Å². The number of rotatable bonds is 7. The number of amides is 1. The summed E-state index contributed by atoms with van der Waals surface area (Å²) in [6.45, 7) is 2.35. The number of fused-ring (bicyclic) bond motifs is 1. The highest BCUT2D eigenvalue weighted by molar-refractivity contribution is 7.99. The molecule has 0 saturated carbocycles. The van der Waals surface area contributed by atoms with Crippen LogP contribution >= 0.6 is 23.4 Å². The average Bonchev–Trinajstić information content (AvgIpc) is 3.15. The number of phenols is 1. The van der Waals surface area contributed by atoms with Crippen LogP contribution in [0.5, 0.6) is 5.75 Å². The molecule has 0 unspecified atom stereocenters. The molecule has 8 heteroatoms. The molecule has 0 spiro atoms. The van der Waals surface area contributed by atoms with Gasteiger partial charge in [-0.25, -0.2) is 10.4 Å². The van der Waals surface area contributed by atoms with Crippen molar-refractivity contribution >= 4 is 46.0 Å². The Balaban J connectivity index is 1.48. The number of imidazole rings is 1. The van der Waals surface area contributed by atoms with Gasteiger partial charge in [0, 0.05) is 5.02 Å². The van der Waals surface area contributed by atoms with Gasteiger partial charge in [-0.2, -0.15) is 5.10 Å². The first kappa shape index (κ1) is 21.9. The minimum atomic E-state index is -0.232. The zero-order valence-electron chi connectivity index (χ0n) is 17.3. The van der Waals surface area contributed by atoms with Crippen molar-refractivity contribution in [3.8, 4) is 5.75 Å². The van der Waals surface area contributed by atoms with E-state index in [0.29, 0.717) is 17.3 Å². The zero-order chi connectivity index (χ0) is 22.5. The second kappa shape index (κ2) is 9.89. The van der Waals surface area contributed by atoms with Gasteiger partial charge in [-0.05, 0) is 60.5 Å². The number of hydrogen-bond acceptors (Lipinski definition) is 5. The van der Waals surface area contributed by atoms with Crippen LogP contribution in [-0.2, 0) is 11.3 Å². The van der Waals surface area contributed by atoms with Crippen molar-refractivity contribution < 1.29 is 9.90 Å². The molecule has 0 aliphatic carbocycles. The Morgan fingerprint density at radius 1 is 1.09 bits per heavy atom. The van der Waals surface area contributed by atoms with Gasteiger partial charge in [0.05, 0.1) is 29.0 Å². The van der Waals surface area contributed by atoms with E-state index in [-0.39, 0.29) is 17.4 Å². The summed E-state index contributed by atoms with van der Waals surface area (Å²) in [5, 5.41) is 15.0. The molecule has 0 saturated heterocycles. The molecule has 6 nitrogen and oxygen atoms in total. The number of phenolic OH excluding ortho intramolecular Hbond substituents is 1. The first-order valence-electron chi connectivity index (χ1n) is 9.95. The quantitative estimate of drug-likeness (QED) is 0.227. The molecule has 0 fully saturated rings. The van der Waals surface area contributed by atoms with Crippen LogP contribution in [0.15, 0.2) is 83.1 Å². The van der Waals surface area contributed by atoms with Crippen molar-refractivity contribution in [1.82, 2.24) is 15.0 Å². The molecule has 0 atom stereocenters. The Hall–Kier alpha value is -3.29. The third-order valence-electron chi connectivity index (χ3n) is 4.87. The molecule has 1 amide bonds. The predicted octanol–water partition coefficient (Wildman–Crippen LogP) is 5.08. The van der Waals surface area contributed by atoms with Gasteiger partial charge in [0.25, 0.3) is 5.91 Å². The summed E-state index contributed by atoms with van der Waals surface area (Å²) in [5.74, 6) is 0.115. The van der Waals surface area contributed by atoms with Gasteiger partial charge in [0.15, 0.2) is 5.16 Å². The Morgan fingerprint density at radius 3 is 2.59 bits per heavy atom. The van der Waals surface area contributed by atoms with E-state index >= 15 is 0 Å². The molecule has 2 N–H and O–H groups in total. The fraction of sp³-hybridized carbons (Fsp3) is 0.125. The summed E-state index contributed by atoms with van der Waals surface area (Å²) >= 11 is 7.72. The molecular weight excluding hydrogens is 444 g/mol. The Labute approximate surface area is 194 Å². The normalized spacial score (nSPS) is 11.6. The summed E-state index contributed by atoms with van der Waals surface area (Å²) in [7, 11) is 0. The summed E-state index contributed by atoms with van der Waals surface area (Å²) in [6, 6.07) is 22.2. The van der Waals surface area contributed by atoms with Crippen LogP contribution in [-0.4, -0.2) is 32.0 Å². The summed E-state index contributed by atoms with van der Waals surface area (Å²) in [6.07, 6.45) is 0. The third kappa shape index (κ3) is 5.12. The van der Waals surface area contributed by atoms with Crippen LogP contribution in [0, 0.1) is 0 Å². The van der Waals surface area contributed by atoms with E-state index in [1.54, 1.807) is 31.2 Å². The highest BCUT2D eigenvalue weighted by Gasteiger charge is 2.14. The Bertz CT molecular complexity index is 1280. The van der Waals surface area contributed by atoms with Gasteiger partial charge in [-0.15, -0.1) is 0 Å². The number of hydrazone groups is 1. The van der Waals surface area contributed by atoms with Crippen LogP contribution in [0.2, 0.25) is 5.02 Å². The summed E-state index contributed by atoms with van der Waals surface area (Å²) in [4.78, 5) is 17.1. The summed E-state index contributed by atoms with van der Waals surface area (Å²) < 4.78 is 2.07. The second-order valence-corrected chi connectivity index (χ2v) is 8.48. The number of benzene rings is 3. The van der Waals surface area contributed by atoms with Crippen molar-refractivity contribution in [3.63, 3.8) is 0 Å². The average molecular weight is 465 g/mol. The number of carbonyl (C=O) groups excluding carboxylic acids is 1. The topological polar surface area (TPSA) is 79.5 Å². The standard InChI is InChI=1S/C24H21ClN4O2S/c1-16(17-10-12-19(30)13-11-17)27-28-23(31)15-32-24-26-21-8-4-5-9-22(21)29(24)14-18-6-2-3-7-20(18)25/h2-13,30H,14-15H2,1H3,(H,28,31). The molecule has 0 aliphatic rings. The summed E-state index contributed by atoms with van der Waals surface area (Å²) in [5.41, 5.74) is 6.88. The third-order valence-corrected chi connectivity index (χ3v) is 6.22.